The molecule has 0 aromatic heterocycles. The first-order valence-corrected chi connectivity index (χ1v) is 7.28. The van der Waals surface area contributed by atoms with E-state index in [1.807, 2.05) is 24.3 Å². The molecule has 1 saturated carbocycles. The van der Waals surface area contributed by atoms with Gasteiger partial charge in [0.25, 0.3) is 0 Å². The molecule has 1 aromatic rings. The lowest BCUT2D eigenvalue weighted by atomic mass is 10.2. The second kappa shape index (κ2) is 6.70. The van der Waals surface area contributed by atoms with E-state index < -0.39 is 5.97 Å². The third-order valence-electron chi connectivity index (χ3n) is 3.10. The molecule has 0 atom stereocenters. The van der Waals surface area contributed by atoms with E-state index in [1.54, 1.807) is 6.08 Å². The highest BCUT2D eigenvalue weighted by Crippen LogP contribution is 2.29. The maximum atomic E-state index is 12.0. The summed E-state index contributed by atoms with van der Waals surface area (Å²) in [6.45, 7) is 0.301. The first kappa shape index (κ1) is 14.8. The molecular weight excluding hydrogens is 322 g/mol. The van der Waals surface area contributed by atoms with E-state index in [-0.39, 0.29) is 12.5 Å². The summed E-state index contributed by atoms with van der Waals surface area (Å²) in [5, 5.41) is 8.86. The topological polar surface area (TPSA) is 57.6 Å². The summed E-state index contributed by atoms with van der Waals surface area (Å²) >= 11 is 3.35. The number of carboxylic acid groups (broad SMARTS) is 1. The number of hydrogen-bond acceptors (Lipinski definition) is 2. The number of hydrogen-bond donors (Lipinski definition) is 1. The van der Waals surface area contributed by atoms with E-state index in [0.717, 1.165) is 22.9 Å². The van der Waals surface area contributed by atoms with Gasteiger partial charge in [-0.15, -0.1) is 0 Å². The van der Waals surface area contributed by atoms with Crippen LogP contribution in [0.25, 0.3) is 6.08 Å². The molecule has 0 heterocycles. The predicted octanol–water partition coefficient (Wildman–Crippen LogP) is 2.79. The van der Waals surface area contributed by atoms with Gasteiger partial charge in [-0.3, -0.25) is 9.59 Å². The molecule has 0 radical (unpaired) electrons. The molecule has 0 unspecified atom stereocenters. The Morgan fingerprint density at radius 3 is 2.50 bits per heavy atom. The van der Waals surface area contributed by atoms with Crippen LogP contribution in [0, 0.1) is 5.92 Å². The molecule has 1 N–H and O–H groups in total. The predicted molar refractivity (Wildman–Crippen MR) is 80.1 cm³/mol. The smallest absolute Gasteiger partial charge is 0.323 e. The highest BCUT2D eigenvalue weighted by molar-refractivity contribution is 9.10. The van der Waals surface area contributed by atoms with Gasteiger partial charge in [0, 0.05) is 17.1 Å². The van der Waals surface area contributed by atoms with Gasteiger partial charge >= 0.3 is 5.97 Å². The van der Waals surface area contributed by atoms with Crippen LogP contribution in [0.15, 0.2) is 34.8 Å². The van der Waals surface area contributed by atoms with Crippen LogP contribution in [0.5, 0.6) is 0 Å². The number of benzene rings is 1. The Morgan fingerprint density at radius 1 is 1.30 bits per heavy atom. The fraction of sp³-hybridized carbons (Fsp3) is 0.333. The van der Waals surface area contributed by atoms with Crippen molar-refractivity contribution in [2.45, 2.75) is 12.8 Å². The minimum absolute atomic E-state index is 0.236. The van der Waals surface area contributed by atoms with Gasteiger partial charge in [-0.2, -0.15) is 0 Å². The lowest BCUT2D eigenvalue weighted by molar-refractivity contribution is -0.142. The van der Waals surface area contributed by atoms with Gasteiger partial charge in [-0.25, -0.2) is 0 Å². The van der Waals surface area contributed by atoms with Crippen molar-refractivity contribution >= 4 is 33.9 Å². The minimum Gasteiger partial charge on any atom is -0.480 e. The summed E-state index contributed by atoms with van der Waals surface area (Å²) in [5.41, 5.74) is 0.906. The van der Waals surface area contributed by atoms with Crippen molar-refractivity contribution in [2.75, 3.05) is 13.1 Å². The standard InChI is InChI=1S/C15H16BrNO3/c16-13-6-3-11(4-7-13)5-8-14(18)17(10-15(19)20)9-12-1-2-12/h3-8,12H,1-2,9-10H2,(H,19,20)/b8-5+. The molecule has 0 spiro atoms. The van der Waals surface area contributed by atoms with E-state index in [2.05, 4.69) is 15.9 Å². The second-order valence-corrected chi connectivity index (χ2v) is 5.86. The van der Waals surface area contributed by atoms with Crippen LogP contribution >= 0.6 is 15.9 Å². The van der Waals surface area contributed by atoms with Crippen LogP contribution < -0.4 is 0 Å². The third kappa shape index (κ3) is 4.81. The lowest BCUT2D eigenvalue weighted by Crippen LogP contribution is -2.36. The van der Waals surface area contributed by atoms with Gasteiger partial charge in [-0.05, 0) is 42.5 Å². The third-order valence-corrected chi connectivity index (χ3v) is 3.63. The largest absolute Gasteiger partial charge is 0.480 e. The number of rotatable bonds is 6. The summed E-state index contributed by atoms with van der Waals surface area (Å²) in [6, 6.07) is 7.55. The zero-order valence-electron chi connectivity index (χ0n) is 11.0. The Kier molecular flexibility index (Phi) is 4.95. The molecule has 1 aliphatic carbocycles. The number of carbonyl (C=O) groups excluding carboxylic acids is 1. The molecule has 1 aromatic carbocycles. The van der Waals surface area contributed by atoms with Crippen LogP contribution in [0.2, 0.25) is 0 Å². The quantitative estimate of drug-likeness (QED) is 0.812. The highest BCUT2D eigenvalue weighted by atomic mass is 79.9. The molecule has 0 aliphatic heterocycles. The van der Waals surface area contributed by atoms with Gasteiger partial charge < -0.3 is 10.0 Å². The van der Waals surface area contributed by atoms with E-state index >= 15 is 0 Å². The van der Waals surface area contributed by atoms with E-state index in [0.29, 0.717) is 12.5 Å². The molecule has 20 heavy (non-hydrogen) atoms. The summed E-state index contributed by atoms with van der Waals surface area (Å²) in [6.07, 6.45) is 5.31. The first-order valence-electron chi connectivity index (χ1n) is 6.49. The fourth-order valence-corrected chi connectivity index (χ4v) is 2.12. The van der Waals surface area contributed by atoms with Crippen molar-refractivity contribution in [1.82, 2.24) is 4.90 Å². The Bertz CT molecular complexity index is 520. The SMILES string of the molecule is O=C(O)CN(CC1CC1)C(=O)/C=C/c1ccc(Br)cc1. The van der Waals surface area contributed by atoms with Crippen molar-refractivity contribution in [3.8, 4) is 0 Å². The monoisotopic (exact) mass is 337 g/mol. The number of carboxylic acids is 1. The van der Waals surface area contributed by atoms with Crippen LogP contribution in [-0.2, 0) is 9.59 Å². The normalized spacial score (nSPS) is 14.4. The Balaban J connectivity index is 1.98. The van der Waals surface area contributed by atoms with Crippen LogP contribution in [0.1, 0.15) is 18.4 Å². The molecule has 4 nitrogen and oxygen atoms in total. The average Bonchev–Trinajstić information content (AvgIpc) is 3.20. The van der Waals surface area contributed by atoms with E-state index in [1.165, 1.54) is 11.0 Å². The Labute approximate surface area is 126 Å². The van der Waals surface area contributed by atoms with Gasteiger partial charge in [0.05, 0.1) is 0 Å². The minimum atomic E-state index is -0.976. The maximum absolute atomic E-state index is 12.0. The zero-order chi connectivity index (χ0) is 14.5. The molecule has 5 heteroatoms. The fourth-order valence-electron chi connectivity index (χ4n) is 1.85. The molecule has 2 rings (SSSR count). The van der Waals surface area contributed by atoms with Crippen molar-refractivity contribution in [3.63, 3.8) is 0 Å². The number of halogens is 1. The van der Waals surface area contributed by atoms with Crippen LogP contribution in [0.3, 0.4) is 0 Å². The molecule has 0 saturated heterocycles. The summed E-state index contributed by atoms with van der Waals surface area (Å²) in [4.78, 5) is 24.3. The molecule has 106 valence electrons. The van der Waals surface area contributed by atoms with Gasteiger partial charge in [0.1, 0.15) is 6.54 Å². The summed E-state index contributed by atoms with van der Waals surface area (Å²) in [5.74, 6) is -0.752. The Morgan fingerprint density at radius 2 is 1.95 bits per heavy atom. The highest BCUT2D eigenvalue weighted by Gasteiger charge is 2.26. The summed E-state index contributed by atoms with van der Waals surface area (Å²) < 4.78 is 0.974. The second-order valence-electron chi connectivity index (χ2n) is 4.94. The lowest BCUT2D eigenvalue weighted by Gasteiger charge is -2.18. The summed E-state index contributed by atoms with van der Waals surface area (Å²) in [7, 11) is 0. The molecule has 1 aliphatic rings. The molecule has 1 fully saturated rings. The molecular formula is C15H16BrNO3. The van der Waals surface area contributed by atoms with Gasteiger partial charge in [-0.1, -0.05) is 28.1 Å². The van der Waals surface area contributed by atoms with Crippen molar-refractivity contribution in [1.29, 1.82) is 0 Å². The molecule has 1 amide bonds. The van der Waals surface area contributed by atoms with Crippen molar-refractivity contribution in [2.24, 2.45) is 5.92 Å². The van der Waals surface area contributed by atoms with Crippen molar-refractivity contribution in [3.05, 3.63) is 40.4 Å². The van der Waals surface area contributed by atoms with E-state index in [4.69, 9.17) is 5.11 Å². The van der Waals surface area contributed by atoms with Crippen LogP contribution in [-0.4, -0.2) is 35.0 Å². The van der Waals surface area contributed by atoms with Gasteiger partial charge in [0.15, 0.2) is 0 Å². The van der Waals surface area contributed by atoms with Crippen molar-refractivity contribution < 1.29 is 14.7 Å². The van der Waals surface area contributed by atoms with Crippen LogP contribution in [0.4, 0.5) is 0 Å². The number of carbonyl (C=O) groups is 2. The van der Waals surface area contributed by atoms with Gasteiger partial charge in [0.2, 0.25) is 5.91 Å². The molecule has 0 bridgehead atoms. The number of nitrogens with zero attached hydrogens (tertiary/aromatic N) is 1. The number of aliphatic carboxylic acids is 1. The Hall–Kier alpha value is -1.62. The zero-order valence-corrected chi connectivity index (χ0v) is 12.5. The van der Waals surface area contributed by atoms with E-state index in [9.17, 15) is 9.59 Å². The first-order chi connectivity index (χ1) is 9.54. The number of amides is 1. The average molecular weight is 338 g/mol. The maximum Gasteiger partial charge on any atom is 0.323 e.